The van der Waals surface area contributed by atoms with E-state index in [2.05, 4.69) is 10.3 Å². The molecule has 0 aliphatic heterocycles. The lowest BCUT2D eigenvalue weighted by Gasteiger charge is -2.08. The van der Waals surface area contributed by atoms with E-state index < -0.39 is 0 Å². The maximum Gasteiger partial charge on any atom is 0.228 e. The van der Waals surface area contributed by atoms with E-state index in [4.69, 9.17) is 0 Å². The number of nitrogens with one attached hydrogen (secondary N) is 2. The van der Waals surface area contributed by atoms with Crippen molar-refractivity contribution in [2.75, 3.05) is 5.32 Å². The number of aromatic amines is 1. The first-order chi connectivity index (χ1) is 8.54. The number of amides is 1. The summed E-state index contributed by atoms with van der Waals surface area (Å²) in [6, 6.07) is 8.05. The molecule has 1 amide bonds. The van der Waals surface area contributed by atoms with E-state index in [1.165, 1.54) is 0 Å². The van der Waals surface area contributed by atoms with E-state index in [0.29, 0.717) is 6.42 Å². The first kappa shape index (κ1) is 12.4. The third-order valence-corrected chi connectivity index (χ3v) is 2.92. The van der Waals surface area contributed by atoms with Gasteiger partial charge >= 0.3 is 0 Å². The number of carbonyl (C=O) groups excluding carboxylic acids is 1. The standard InChI is InChI=1S/C15H18N2O/c1-10-4-5-11(2)14(6-10)17-15(18)8-13-7-12(3)16-9-13/h4-7,9,16H,8H2,1-3H3,(H,17,18). The van der Waals surface area contributed by atoms with Gasteiger partial charge in [0.1, 0.15) is 0 Å². The lowest BCUT2D eigenvalue weighted by Crippen LogP contribution is -2.14. The highest BCUT2D eigenvalue weighted by Gasteiger charge is 2.07. The zero-order valence-electron chi connectivity index (χ0n) is 11.0. The summed E-state index contributed by atoms with van der Waals surface area (Å²) in [6.45, 7) is 5.99. The highest BCUT2D eigenvalue weighted by atomic mass is 16.1. The van der Waals surface area contributed by atoms with E-state index >= 15 is 0 Å². The molecule has 0 aliphatic carbocycles. The molecule has 1 heterocycles. The van der Waals surface area contributed by atoms with Crippen LogP contribution in [0.25, 0.3) is 0 Å². The predicted octanol–water partition coefficient (Wildman–Crippen LogP) is 3.12. The topological polar surface area (TPSA) is 44.9 Å². The Labute approximate surface area is 107 Å². The summed E-state index contributed by atoms with van der Waals surface area (Å²) < 4.78 is 0. The Morgan fingerprint density at radius 2 is 2.00 bits per heavy atom. The fourth-order valence-corrected chi connectivity index (χ4v) is 1.92. The molecule has 0 saturated heterocycles. The number of H-pyrrole nitrogens is 1. The molecule has 18 heavy (non-hydrogen) atoms. The van der Waals surface area contributed by atoms with E-state index in [9.17, 15) is 4.79 Å². The quantitative estimate of drug-likeness (QED) is 0.853. The molecule has 0 unspecified atom stereocenters. The van der Waals surface area contributed by atoms with Crippen molar-refractivity contribution in [3.05, 3.63) is 52.8 Å². The van der Waals surface area contributed by atoms with Gasteiger partial charge in [0.15, 0.2) is 0 Å². The fraction of sp³-hybridized carbons (Fsp3) is 0.267. The van der Waals surface area contributed by atoms with E-state index in [1.807, 2.05) is 51.2 Å². The van der Waals surface area contributed by atoms with Crippen LogP contribution >= 0.6 is 0 Å². The molecule has 94 valence electrons. The van der Waals surface area contributed by atoms with Crippen molar-refractivity contribution >= 4 is 11.6 Å². The molecular formula is C15H18N2O. The van der Waals surface area contributed by atoms with Gasteiger partial charge < -0.3 is 10.3 Å². The number of anilines is 1. The maximum absolute atomic E-state index is 11.9. The average Bonchev–Trinajstić information content (AvgIpc) is 2.69. The molecule has 1 aromatic carbocycles. The number of aryl methyl sites for hydroxylation is 3. The van der Waals surface area contributed by atoms with Crippen LogP contribution in [0.5, 0.6) is 0 Å². The SMILES string of the molecule is Cc1ccc(C)c(NC(=O)Cc2c[nH]c(C)c2)c1. The first-order valence-corrected chi connectivity index (χ1v) is 6.05. The molecule has 0 spiro atoms. The van der Waals surface area contributed by atoms with Gasteiger partial charge in [-0.15, -0.1) is 0 Å². The van der Waals surface area contributed by atoms with Crippen LogP contribution in [0, 0.1) is 20.8 Å². The number of hydrogen-bond acceptors (Lipinski definition) is 1. The maximum atomic E-state index is 11.9. The molecule has 2 N–H and O–H groups in total. The Morgan fingerprint density at radius 3 is 2.67 bits per heavy atom. The van der Waals surface area contributed by atoms with Crippen molar-refractivity contribution in [1.29, 1.82) is 0 Å². The summed E-state index contributed by atoms with van der Waals surface area (Å²) in [5, 5.41) is 2.96. The molecule has 0 fully saturated rings. The first-order valence-electron chi connectivity index (χ1n) is 6.05. The minimum atomic E-state index is 0.0164. The minimum absolute atomic E-state index is 0.0164. The largest absolute Gasteiger partial charge is 0.365 e. The smallest absolute Gasteiger partial charge is 0.228 e. The van der Waals surface area contributed by atoms with Crippen LogP contribution in [0.3, 0.4) is 0 Å². The lowest BCUT2D eigenvalue weighted by molar-refractivity contribution is -0.115. The molecule has 0 atom stereocenters. The van der Waals surface area contributed by atoms with Crippen molar-refractivity contribution in [2.24, 2.45) is 0 Å². The normalized spacial score (nSPS) is 10.4. The van der Waals surface area contributed by atoms with Crippen molar-refractivity contribution in [3.8, 4) is 0 Å². The highest BCUT2D eigenvalue weighted by Crippen LogP contribution is 2.16. The van der Waals surface area contributed by atoms with Gasteiger partial charge in [0.05, 0.1) is 6.42 Å². The van der Waals surface area contributed by atoms with E-state index in [-0.39, 0.29) is 5.91 Å². The number of benzene rings is 1. The third kappa shape index (κ3) is 3.00. The Bertz CT molecular complexity index is 570. The van der Waals surface area contributed by atoms with Crippen LogP contribution < -0.4 is 5.32 Å². The van der Waals surface area contributed by atoms with Gasteiger partial charge in [0.25, 0.3) is 0 Å². The predicted molar refractivity (Wildman–Crippen MR) is 73.8 cm³/mol. The second-order valence-corrected chi connectivity index (χ2v) is 4.73. The minimum Gasteiger partial charge on any atom is -0.365 e. The summed E-state index contributed by atoms with van der Waals surface area (Å²) >= 11 is 0. The molecule has 0 aliphatic rings. The Morgan fingerprint density at radius 1 is 1.22 bits per heavy atom. The summed E-state index contributed by atoms with van der Waals surface area (Å²) in [7, 11) is 0. The molecule has 3 heteroatoms. The summed E-state index contributed by atoms with van der Waals surface area (Å²) in [5.74, 6) is 0.0164. The zero-order valence-corrected chi connectivity index (χ0v) is 11.0. The second-order valence-electron chi connectivity index (χ2n) is 4.73. The van der Waals surface area contributed by atoms with Gasteiger partial charge in [-0.1, -0.05) is 12.1 Å². The summed E-state index contributed by atoms with van der Waals surface area (Å²) in [5.41, 5.74) is 5.21. The van der Waals surface area contributed by atoms with Gasteiger partial charge in [-0.3, -0.25) is 4.79 Å². The van der Waals surface area contributed by atoms with Gasteiger partial charge in [-0.25, -0.2) is 0 Å². The number of carbonyl (C=O) groups is 1. The molecule has 0 radical (unpaired) electrons. The average molecular weight is 242 g/mol. The Balaban J connectivity index is 2.05. The van der Waals surface area contributed by atoms with Crippen LogP contribution in [0.1, 0.15) is 22.4 Å². The zero-order chi connectivity index (χ0) is 13.1. The molecular weight excluding hydrogens is 224 g/mol. The van der Waals surface area contributed by atoms with E-state index in [1.54, 1.807) is 0 Å². The monoisotopic (exact) mass is 242 g/mol. The van der Waals surface area contributed by atoms with Gasteiger partial charge in [0.2, 0.25) is 5.91 Å². The molecule has 2 rings (SSSR count). The molecule has 1 aromatic heterocycles. The van der Waals surface area contributed by atoms with Crippen LogP contribution in [0.2, 0.25) is 0 Å². The summed E-state index contributed by atoms with van der Waals surface area (Å²) in [4.78, 5) is 15.0. The van der Waals surface area contributed by atoms with Crippen LogP contribution in [0.4, 0.5) is 5.69 Å². The lowest BCUT2D eigenvalue weighted by atomic mass is 10.1. The van der Waals surface area contributed by atoms with Crippen molar-refractivity contribution < 1.29 is 4.79 Å². The number of rotatable bonds is 3. The molecule has 0 bridgehead atoms. The number of hydrogen-bond donors (Lipinski definition) is 2. The Kier molecular flexibility index (Phi) is 3.51. The van der Waals surface area contributed by atoms with Crippen molar-refractivity contribution in [3.63, 3.8) is 0 Å². The highest BCUT2D eigenvalue weighted by molar-refractivity contribution is 5.93. The van der Waals surface area contributed by atoms with Crippen molar-refractivity contribution in [1.82, 2.24) is 4.98 Å². The van der Waals surface area contributed by atoms with Crippen LogP contribution in [0.15, 0.2) is 30.5 Å². The Hall–Kier alpha value is -2.03. The van der Waals surface area contributed by atoms with Crippen LogP contribution in [-0.4, -0.2) is 10.9 Å². The fourth-order valence-electron chi connectivity index (χ4n) is 1.92. The summed E-state index contributed by atoms with van der Waals surface area (Å²) in [6.07, 6.45) is 2.27. The number of aromatic nitrogens is 1. The van der Waals surface area contributed by atoms with Crippen molar-refractivity contribution in [2.45, 2.75) is 27.2 Å². The van der Waals surface area contributed by atoms with Gasteiger partial charge in [0, 0.05) is 17.6 Å². The van der Waals surface area contributed by atoms with Crippen LogP contribution in [-0.2, 0) is 11.2 Å². The van der Waals surface area contributed by atoms with Gasteiger partial charge in [-0.05, 0) is 49.6 Å². The molecule has 2 aromatic rings. The molecule has 0 saturated carbocycles. The van der Waals surface area contributed by atoms with E-state index in [0.717, 1.165) is 28.1 Å². The van der Waals surface area contributed by atoms with Gasteiger partial charge in [-0.2, -0.15) is 0 Å². The third-order valence-electron chi connectivity index (χ3n) is 2.92. The molecule has 3 nitrogen and oxygen atoms in total. The second kappa shape index (κ2) is 5.08.